The van der Waals surface area contributed by atoms with Crippen LogP contribution in [0.25, 0.3) is 0 Å². The van der Waals surface area contributed by atoms with Gasteiger partial charge >= 0.3 is 5.97 Å². The molecular formula is C12H11O4-. The molecule has 0 unspecified atom stereocenters. The molecule has 1 aliphatic carbocycles. The zero-order valence-electron chi connectivity index (χ0n) is 9.02. The molecule has 1 heterocycles. The molecule has 0 aromatic carbocycles. The van der Waals surface area contributed by atoms with E-state index >= 15 is 0 Å². The zero-order chi connectivity index (χ0) is 11.8. The summed E-state index contributed by atoms with van der Waals surface area (Å²) in [7, 11) is 0. The molecular weight excluding hydrogens is 208 g/mol. The summed E-state index contributed by atoms with van der Waals surface area (Å²) in [4.78, 5) is 11.6. The molecule has 0 atom stereocenters. The van der Waals surface area contributed by atoms with Crippen LogP contribution in [0.3, 0.4) is 0 Å². The Labute approximate surface area is 93.2 Å². The first-order valence-corrected chi connectivity index (χ1v) is 4.88. The maximum atomic E-state index is 11.6. The molecule has 0 radical (unpaired) electrons. The lowest BCUT2D eigenvalue weighted by Crippen LogP contribution is -2.39. The van der Waals surface area contributed by atoms with E-state index in [1.165, 1.54) is 19.9 Å². The fourth-order valence-corrected chi connectivity index (χ4v) is 1.43. The Bertz CT molecular complexity index is 436. The third kappa shape index (κ3) is 2.00. The number of esters is 1. The van der Waals surface area contributed by atoms with Crippen LogP contribution in [-0.2, 0) is 14.3 Å². The second-order valence-corrected chi connectivity index (χ2v) is 3.96. The van der Waals surface area contributed by atoms with E-state index in [1.54, 1.807) is 12.2 Å². The molecule has 4 heteroatoms. The molecule has 0 fully saturated rings. The summed E-state index contributed by atoms with van der Waals surface area (Å²) in [6, 6.07) is 0. The first-order valence-electron chi connectivity index (χ1n) is 4.88. The fourth-order valence-electron chi connectivity index (χ4n) is 1.43. The molecule has 0 bridgehead atoms. The molecule has 16 heavy (non-hydrogen) atoms. The van der Waals surface area contributed by atoms with Gasteiger partial charge in [-0.3, -0.25) is 0 Å². The number of carbonyl (C=O) groups is 1. The van der Waals surface area contributed by atoms with Crippen molar-refractivity contribution in [2.45, 2.75) is 19.6 Å². The van der Waals surface area contributed by atoms with E-state index in [4.69, 9.17) is 9.47 Å². The smallest absolute Gasteiger partial charge is 0.341 e. The summed E-state index contributed by atoms with van der Waals surface area (Å²) >= 11 is 0. The van der Waals surface area contributed by atoms with Gasteiger partial charge in [-0.1, -0.05) is 24.3 Å². The standard InChI is InChI=1S/C12H12O4/c1-12(2)15-10(13)9(11(14)16-12)7-8-5-3-4-6-8/h3-7,13H,1-2H3/p-1. The van der Waals surface area contributed by atoms with E-state index in [9.17, 15) is 9.90 Å². The molecule has 84 valence electrons. The second kappa shape index (κ2) is 3.56. The minimum absolute atomic E-state index is 0.0782. The third-order valence-corrected chi connectivity index (χ3v) is 2.12. The molecule has 0 spiro atoms. The number of ether oxygens (including phenoxy) is 2. The SMILES string of the molecule is CC1(C)OC(=O)C(C=C2C=CC=C2)=C([O-])O1. The number of cyclic esters (lactones) is 1. The van der Waals surface area contributed by atoms with Gasteiger partial charge in [0.25, 0.3) is 0 Å². The average molecular weight is 219 g/mol. The number of carbonyl (C=O) groups excluding carboxylic acids is 1. The monoisotopic (exact) mass is 219 g/mol. The number of hydrogen-bond acceptors (Lipinski definition) is 4. The second-order valence-electron chi connectivity index (χ2n) is 3.96. The van der Waals surface area contributed by atoms with E-state index in [2.05, 4.69) is 0 Å². The zero-order valence-corrected chi connectivity index (χ0v) is 9.02. The van der Waals surface area contributed by atoms with Crippen LogP contribution < -0.4 is 5.11 Å². The lowest BCUT2D eigenvalue weighted by atomic mass is 10.1. The minimum atomic E-state index is -1.18. The van der Waals surface area contributed by atoms with Gasteiger partial charge < -0.3 is 14.6 Å². The number of hydrogen-bond donors (Lipinski definition) is 0. The van der Waals surface area contributed by atoms with Crippen LogP contribution in [0.5, 0.6) is 0 Å². The summed E-state index contributed by atoms with van der Waals surface area (Å²) < 4.78 is 9.91. The topological polar surface area (TPSA) is 58.6 Å². The maximum absolute atomic E-state index is 11.6. The fraction of sp³-hybridized carbons (Fsp3) is 0.250. The largest absolute Gasteiger partial charge is 0.575 e. The van der Waals surface area contributed by atoms with Crippen molar-refractivity contribution >= 4 is 5.97 Å². The van der Waals surface area contributed by atoms with Gasteiger partial charge in [-0.2, -0.15) is 0 Å². The van der Waals surface area contributed by atoms with Crippen LogP contribution in [0.1, 0.15) is 13.8 Å². The number of allylic oxidation sites excluding steroid dienone is 5. The molecule has 0 saturated carbocycles. The van der Waals surface area contributed by atoms with E-state index in [0.717, 1.165) is 5.57 Å². The van der Waals surface area contributed by atoms with Crippen molar-refractivity contribution in [2.75, 3.05) is 0 Å². The van der Waals surface area contributed by atoms with E-state index in [0.29, 0.717) is 0 Å². The van der Waals surface area contributed by atoms with Crippen LogP contribution in [0.2, 0.25) is 0 Å². The van der Waals surface area contributed by atoms with E-state index in [1.807, 2.05) is 12.2 Å². The van der Waals surface area contributed by atoms with Crippen molar-refractivity contribution in [1.29, 1.82) is 0 Å². The van der Waals surface area contributed by atoms with Crippen molar-refractivity contribution in [1.82, 2.24) is 0 Å². The summed E-state index contributed by atoms with van der Waals surface area (Å²) in [5.74, 6) is -2.48. The molecule has 0 saturated heterocycles. The maximum Gasteiger partial charge on any atom is 0.341 e. The highest BCUT2D eigenvalue weighted by atomic mass is 16.8. The van der Waals surface area contributed by atoms with Crippen LogP contribution in [0, 0.1) is 0 Å². The van der Waals surface area contributed by atoms with Crippen LogP contribution >= 0.6 is 0 Å². The highest BCUT2D eigenvalue weighted by Crippen LogP contribution is 2.25. The lowest BCUT2D eigenvalue weighted by Gasteiger charge is -2.38. The van der Waals surface area contributed by atoms with Crippen molar-refractivity contribution < 1.29 is 19.4 Å². The Hall–Kier alpha value is -1.97. The van der Waals surface area contributed by atoms with Crippen LogP contribution in [0.15, 0.2) is 47.5 Å². The normalized spacial score (nSPS) is 22.1. The van der Waals surface area contributed by atoms with Gasteiger partial charge in [0.1, 0.15) is 0 Å². The Morgan fingerprint density at radius 3 is 2.44 bits per heavy atom. The predicted octanol–water partition coefficient (Wildman–Crippen LogP) is 0.920. The molecule has 0 aromatic heterocycles. The number of rotatable bonds is 1. The van der Waals surface area contributed by atoms with E-state index < -0.39 is 17.7 Å². The highest BCUT2D eigenvalue weighted by Gasteiger charge is 2.27. The Balaban J connectivity index is 2.33. The average Bonchev–Trinajstić information content (AvgIpc) is 2.62. The molecule has 0 amide bonds. The highest BCUT2D eigenvalue weighted by molar-refractivity contribution is 5.93. The lowest BCUT2D eigenvalue weighted by molar-refractivity contribution is -0.393. The van der Waals surface area contributed by atoms with Crippen molar-refractivity contribution in [3.05, 3.63) is 47.5 Å². The van der Waals surface area contributed by atoms with Crippen LogP contribution in [-0.4, -0.2) is 11.8 Å². The van der Waals surface area contributed by atoms with Gasteiger partial charge in [0, 0.05) is 0 Å². The minimum Gasteiger partial charge on any atom is -0.575 e. The predicted molar refractivity (Wildman–Crippen MR) is 54.6 cm³/mol. The van der Waals surface area contributed by atoms with Crippen LogP contribution in [0.4, 0.5) is 0 Å². The Kier molecular flexibility index (Phi) is 2.34. The summed E-state index contributed by atoms with van der Waals surface area (Å²) in [6.45, 7) is 3.03. The molecule has 2 aliphatic rings. The van der Waals surface area contributed by atoms with Gasteiger partial charge in [0.15, 0.2) is 5.79 Å². The summed E-state index contributed by atoms with van der Waals surface area (Å²) in [5.41, 5.74) is 0.689. The molecule has 1 aliphatic heterocycles. The third-order valence-electron chi connectivity index (χ3n) is 2.12. The first kappa shape index (κ1) is 10.5. The quantitative estimate of drug-likeness (QED) is 0.615. The van der Waals surface area contributed by atoms with Crippen molar-refractivity contribution in [2.24, 2.45) is 0 Å². The van der Waals surface area contributed by atoms with E-state index in [-0.39, 0.29) is 5.57 Å². The molecule has 4 nitrogen and oxygen atoms in total. The van der Waals surface area contributed by atoms with Gasteiger partial charge in [-0.15, -0.1) is 0 Å². The van der Waals surface area contributed by atoms with Crippen molar-refractivity contribution in [3.8, 4) is 0 Å². The first-order chi connectivity index (χ1) is 7.48. The van der Waals surface area contributed by atoms with Crippen molar-refractivity contribution in [3.63, 3.8) is 0 Å². The molecule has 2 rings (SSSR count). The Morgan fingerprint density at radius 1 is 1.25 bits per heavy atom. The molecule has 0 N–H and O–H groups in total. The Morgan fingerprint density at radius 2 is 1.88 bits per heavy atom. The van der Waals surface area contributed by atoms with Gasteiger partial charge in [0.05, 0.1) is 11.5 Å². The summed E-state index contributed by atoms with van der Waals surface area (Å²) in [5, 5.41) is 11.6. The van der Waals surface area contributed by atoms with Gasteiger partial charge in [-0.25, -0.2) is 4.79 Å². The summed E-state index contributed by atoms with van der Waals surface area (Å²) in [6.07, 6.45) is 8.66. The molecule has 0 aromatic rings. The van der Waals surface area contributed by atoms with Gasteiger partial charge in [-0.05, 0) is 25.5 Å². The van der Waals surface area contributed by atoms with Gasteiger partial charge in [0.2, 0.25) is 0 Å².